The summed E-state index contributed by atoms with van der Waals surface area (Å²) in [7, 11) is 0. The normalized spacial score (nSPS) is 13.8. The third-order valence-corrected chi connectivity index (χ3v) is 4.22. The molecule has 0 aromatic heterocycles. The van der Waals surface area contributed by atoms with E-state index in [0.29, 0.717) is 5.92 Å². The quantitative estimate of drug-likeness (QED) is 0.757. The minimum Gasteiger partial charge on any atom is -0.352 e. The van der Waals surface area contributed by atoms with Crippen LogP contribution < -0.4 is 5.32 Å². The molecular weight excluding hydrogens is 270 g/mol. The molecule has 2 aromatic carbocycles. The van der Waals surface area contributed by atoms with Crippen molar-refractivity contribution < 1.29 is 4.79 Å². The van der Waals surface area contributed by atoms with Gasteiger partial charge < -0.3 is 5.32 Å². The van der Waals surface area contributed by atoms with Crippen LogP contribution in [-0.4, -0.2) is 12.5 Å². The van der Waals surface area contributed by atoms with E-state index in [2.05, 4.69) is 41.7 Å². The zero-order chi connectivity index (χ0) is 15.2. The Morgan fingerprint density at radius 2 is 1.82 bits per heavy atom. The van der Waals surface area contributed by atoms with Gasteiger partial charge >= 0.3 is 0 Å². The number of carbonyl (C=O) groups is 1. The van der Waals surface area contributed by atoms with E-state index in [1.165, 1.54) is 24.0 Å². The fourth-order valence-electron chi connectivity index (χ4n) is 2.75. The number of unbranched alkanes of at least 4 members (excludes halogenated alkanes) is 1. The number of aryl methyl sites for hydroxylation is 1. The highest BCUT2D eigenvalue weighted by atomic mass is 16.1. The molecule has 0 radical (unpaired) electrons. The van der Waals surface area contributed by atoms with Crippen molar-refractivity contribution in [1.29, 1.82) is 0 Å². The van der Waals surface area contributed by atoms with Crippen molar-refractivity contribution in [3.05, 3.63) is 71.3 Å². The molecule has 22 heavy (non-hydrogen) atoms. The molecule has 0 bridgehead atoms. The molecule has 1 amide bonds. The number of nitrogens with one attached hydrogen (secondary N) is 1. The number of amides is 1. The van der Waals surface area contributed by atoms with Gasteiger partial charge in [0.25, 0.3) is 5.91 Å². The number of benzene rings is 2. The number of hydrogen-bond donors (Lipinski definition) is 1. The third kappa shape index (κ3) is 4.20. The van der Waals surface area contributed by atoms with Gasteiger partial charge in [0.2, 0.25) is 0 Å². The molecule has 114 valence electrons. The van der Waals surface area contributed by atoms with E-state index < -0.39 is 0 Å². The van der Waals surface area contributed by atoms with Crippen molar-refractivity contribution in [3.8, 4) is 0 Å². The van der Waals surface area contributed by atoms with Crippen LogP contribution in [0.5, 0.6) is 0 Å². The van der Waals surface area contributed by atoms with Crippen molar-refractivity contribution in [2.75, 3.05) is 6.54 Å². The van der Waals surface area contributed by atoms with E-state index in [0.717, 1.165) is 31.4 Å². The number of carbonyl (C=O) groups excluding carboxylic acids is 1. The monoisotopic (exact) mass is 293 g/mol. The molecule has 2 aromatic rings. The molecule has 1 fully saturated rings. The summed E-state index contributed by atoms with van der Waals surface area (Å²) < 4.78 is 0. The predicted octanol–water partition coefficient (Wildman–Crippen LogP) is 4.32. The number of hydrogen-bond acceptors (Lipinski definition) is 1. The highest BCUT2D eigenvalue weighted by molar-refractivity contribution is 5.94. The van der Waals surface area contributed by atoms with Crippen LogP contribution >= 0.6 is 0 Å². The van der Waals surface area contributed by atoms with Gasteiger partial charge in [0.15, 0.2) is 0 Å². The van der Waals surface area contributed by atoms with Gasteiger partial charge in [0.1, 0.15) is 0 Å². The van der Waals surface area contributed by atoms with Gasteiger partial charge in [-0.3, -0.25) is 4.79 Å². The minimum atomic E-state index is 0.0576. The smallest absolute Gasteiger partial charge is 0.251 e. The lowest BCUT2D eigenvalue weighted by atomic mass is 10.1. The molecule has 1 aliphatic carbocycles. The van der Waals surface area contributed by atoms with E-state index in [1.54, 1.807) is 0 Å². The van der Waals surface area contributed by atoms with Crippen molar-refractivity contribution in [3.63, 3.8) is 0 Å². The lowest BCUT2D eigenvalue weighted by Gasteiger charge is -2.07. The molecule has 1 saturated carbocycles. The van der Waals surface area contributed by atoms with Crippen LogP contribution in [0.4, 0.5) is 0 Å². The second-order valence-electron chi connectivity index (χ2n) is 6.10. The summed E-state index contributed by atoms with van der Waals surface area (Å²) in [5, 5.41) is 3.03. The van der Waals surface area contributed by atoms with E-state index in [4.69, 9.17) is 0 Å². The van der Waals surface area contributed by atoms with Gasteiger partial charge in [-0.1, -0.05) is 42.5 Å². The van der Waals surface area contributed by atoms with E-state index in [9.17, 15) is 4.79 Å². The molecule has 2 nitrogen and oxygen atoms in total. The Morgan fingerprint density at radius 3 is 2.59 bits per heavy atom. The molecule has 0 atom stereocenters. The zero-order valence-corrected chi connectivity index (χ0v) is 12.9. The molecule has 1 N–H and O–H groups in total. The summed E-state index contributed by atoms with van der Waals surface area (Å²) in [5.41, 5.74) is 3.48. The van der Waals surface area contributed by atoms with Crippen molar-refractivity contribution in [2.24, 2.45) is 0 Å². The molecule has 0 spiro atoms. The van der Waals surface area contributed by atoms with Crippen molar-refractivity contribution in [1.82, 2.24) is 5.32 Å². The Kier molecular flexibility index (Phi) is 4.89. The van der Waals surface area contributed by atoms with Crippen LogP contribution in [-0.2, 0) is 6.42 Å². The largest absolute Gasteiger partial charge is 0.352 e. The van der Waals surface area contributed by atoms with E-state index in [-0.39, 0.29) is 5.91 Å². The van der Waals surface area contributed by atoms with Gasteiger partial charge in [0.05, 0.1) is 0 Å². The maximum atomic E-state index is 12.2. The lowest BCUT2D eigenvalue weighted by Crippen LogP contribution is -2.24. The molecule has 1 aliphatic rings. The highest BCUT2D eigenvalue weighted by Crippen LogP contribution is 2.40. The van der Waals surface area contributed by atoms with Crippen LogP contribution in [0.3, 0.4) is 0 Å². The van der Waals surface area contributed by atoms with Crippen molar-refractivity contribution in [2.45, 2.75) is 38.0 Å². The maximum absolute atomic E-state index is 12.2. The molecule has 0 heterocycles. The first kappa shape index (κ1) is 14.8. The van der Waals surface area contributed by atoms with Gasteiger partial charge in [-0.25, -0.2) is 0 Å². The second-order valence-corrected chi connectivity index (χ2v) is 6.10. The Morgan fingerprint density at radius 1 is 1.00 bits per heavy atom. The first-order valence-electron chi connectivity index (χ1n) is 8.25. The summed E-state index contributed by atoms with van der Waals surface area (Å²) in [5.74, 6) is 0.751. The van der Waals surface area contributed by atoms with Gasteiger partial charge in [-0.2, -0.15) is 0 Å². The fourth-order valence-corrected chi connectivity index (χ4v) is 2.75. The predicted molar refractivity (Wildman–Crippen MR) is 90.1 cm³/mol. The zero-order valence-electron chi connectivity index (χ0n) is 12.9. The third-order valence-electron chi connectivity index (χ3n) is 4.22. The van der Waals surface area contributed by atoms with Crippen LogP contribution in [0.15, 0.2) is 54.6 Å². The molecule has 0 saturated heterocycles. The Bertz CT molecular complexity index is 617. The van der Waals surface area contributed by atoms with Gasteiger partial charge in [0, 0.05) is 12.1 Å². The Hall–Kier alpha value is -2.09. The SMILES string of the molecule is O=C(NCCCCc1ccccc1)c1cccc(C2CC2)c1. The average molecular weight is 293 g/mol. The van der Waals surface area contributed by atoms with Crippen LogP contribution in [0.1, 0.15) is 53.1 Å². The lowest BCUT2D eigenvalue weighted by molar-refractivity contribution is 0.0953. The number of rotatable bonds is 7. The van der Waals surface area contributed by atoms with E-state index >= 15 is 0 Å². The molecule has 3 rings (SSSR count). The van der Waals surface area contributed by atoms with Crippen LogP contribution in [0.25, 0.3) is 0 Å². The Labute approximate surface area is 132 Å². The van der Waals surface area contributed by atoms with Crippen LogP contribution in [0.2, 0.25) is 0 Å². The standard InChI is InChI=1S/C20H23NO/c22-20(19-11-6-10-18(15-19)17-12-13-17)21-14-5-4-9-16-7-2-1-3-8-16/h1-3,6-8,10-11,15,17H,4-5,9,12-14H2,(H,21,22). The van der Waals surface area contributed by atoms with E-state index in [1.807, 2.05) is 18.2 Å². The van der Waals surface area contributed by atoms with Gasteiger partial charge in [-0.15, -0.1) is 0 Å². The van der Waals surface area contributed by atoms with Crippen LogP contribution in [0, 0.1) is 0 Å². The van der Waals surface area contributed by atoms with Gasteiger partial charge in [-0.05, 0) is 61.3 Å². The molecule has 0 unspecified atom stereocenters. The molecular formula is C20H23NO. The Balaban J connectivity index is 1.40. The highest BCUT2D eigenvalue weighted by Gasteiger charge is 2.23. The fraction of sp³-hybridized carbons (Fsp3) is 0.350. The maximum Gasteiger partial charge on any atom is 0.251 e. The first-order chi connectivity index (χ1) is 10.8. The summed E-state index contributed by atoms with van der Waals surface area (Å²) in [6, 6.07) is 18.6. The molecule has 0 aliphatic heterocycles. The summed E-state index contributed by atoms with van der Waals surface area (Å²) in [6.45, 7) is 0.749. The summed E-state index contributed by atoms with van der Waals surface area (Å²) >= 11 is 0. The van der Waals surface area contributed by atoms with Crippen molar-refractivity contribution >= 4 is 5.91 Å². The molecule has 2 heteroatoms. The first-order valence-corrected chi connectivity index (χ1v) is 8.25. The second kappa shape index (κ2) is 7.26. The summed E-state index contributed by atoms with van der Waals surface area (Å²) in [4.78, 5) is 12.2. The average Bonchev–Trinajstić information content (AvgIpc) is 3.40. The topological polar surface area (TPSA) is 29.1 Å². The summed E-state index contributed by atoms with van der Waals surface area (Å²) in [6.07, 6.45) is 5.73. The minimum absolute atomic E-state index is 0.0576.